The van der Waals surface area contributed by atoms with Crippen molar-refractivity contribution in [2.24, 2.45) is 0 Å². The van der Waals surface area contributed by atoms with E-state index in [-0.39, 0.29) is 57.7 Å². The van der Waals surface area contributed by atoms with Gasteiger partial charge in [0.2, 0.25) is 0 Å². The minimum absolute atomic E-state index is 0.0437. The van der Waals surface area contributed by atoms with Crippen molar-refractivity contribution >= 4 is 65.6 Å². The van der Waals surface area contributed by atoms with Crippen molar-refractivity contribution in [3.8, 4) is 22.5 Å². The smallest absolute Gasteiger partial charge is 0.136 e. The number of hydrogen-bond donors (Lipinski definition) is 0. The molecule has 3 heteroatoms. The van der Waals surface area contributed by atoms with Crippen molar-refractivity contribution in [2.75, 3.05) is 0 Å². The van der Waals surface area contributed by atoms with Crippen LogP contribution < -0.4 is 0 Å². The first-order valence-electron chi connectivity index (χ1n) is 18.3. The molecular weight excluding hydrogens is 548 g/mol. The molecule has 210 valence electrons. The van der Waals surface area contributed by atoms with Crippen LogP contribution in [-0.2, 0) is 0 Å². The van der Waals surface area contributed by atoms with E-state index in [1.54, 1.807) is 0 Å². The largest absolute Gasteiger partial charge is 0.456 e. The quantitative estimate of drug-likeness (QED) is 0.203. The van der Waals surface area contributed by atoms with E-state index in [0.29, 0.717) is 5.56 Å². The maximum Gasteiger partial charge on any atom is 0.136 e. The van der Waals surface area contributed by atoms with Crippen molar-refractivity contribution in [3.05, 3.63) is 158 Å². The number of benzene rings is 7. The minimum Gasteiger partial charge on any atom is -0.456 e. The Bertz CT molecular complexity index is 3120. The molecular formula is C42H26N2O. The zero-order valence-corrected chi connectivity index (χ0v) is 23.8. The first kappa shape index (κ1) is 18.6. The van der Waals surface area contributed by atoms with Gasteiger partial charge in [-0.25, -0.2) is 0 Å². The molecule has 0 bridgehead atoms. The summed E-state index contributed by atoms with van der Waals surface area (Å²) in [4.78, 5) is 0. The maximum absolute atomic E-state index is 9.05. The molecule has 0 fully saturated rings. The fourth-order valence-corrected chi connectivity index (χ4v) is 6.96. The van der Waals surface area contributed by atoms with Crippen molar-refractivity contribution in [1.82, 2.24) is 9.13 Å². The number of para-hydroxylation sites is 4. The highest BCUT2D eigenvalue weighted by Crippen LogP contribution is 2.40. The van der Waals surface area contributed by atoms with Crippen LogP contribution in [0.15, 0.2) is 162 Å². The number of aromatic nitrogens is 2. The molecule has 3 heterocycles. The molecule has 3 aromatic heterocycles. The molecule has 3 nitrogen and oxygen atoms in total. The van der Waals surface area contributed by atoms with E-state index in [1.807, 2.05) is 36.4 Å². The molecule has 0 aliphatic rings. The Morgan fingerprint density at radius 3 is 1.78 bits per heavy atom. The third-order valence-corrected chi connectivity index (χ3v) is 8.84. The van der Waals surface area contributed by atoms with Gasteiger partial charge in [-0.05, 0) is 71.7 Å². The Labute approximate surface area is 268 Å². The summed E-state index contributed by atoms with van der Waals surface area (Å²) in [6.07, 6.45) is 0. The van der Waals surface area contributed by atoms with Crippen LogP contribution in [0.3, 0.4) is 0 Å². The molecule has 0 N–H and O–H groups in total. The summed E-state index contributed by atoms with van der Waals surface area (Å²) in [5.41, 5.74) is 6.74. The summed E-state index contributed by atoms with van der Waals surface area (Å²) >= 11 is 0. The van der Waals surface area contributed by atoms with Crippen molar-refractivity contribution in [1.29, 1.82) is 0 Å². The van der Waals surface area contributed by atoms with E-state index in [0.717, 1.165) is 44.2 Å². The van der Waals surface area contributed by atoms with Crippen molar-refractivity contribution in [2.45, 2.75) is 0 Å². The molecule has 0 saturated carbocycles. The lowest BCUT2D eigenvalue weighted by Gasteiger charge is -2.12. The lowest BCUT2D eigenvalue weighted by atomic mass is 9.99. The molecule has 7 aromatic carbocycles. The molecule has 0 spiro atoms. The van der Waals surface area contributed by atoms with Gasteiger partial charge in [-0.1, -0.05) is 96.9 Å². The van der Waals surface area contributed by atoms with Crippen LogP contribution in [0.5, 0.6) is 0 Å². The highest BCUT2D eigenvalue weighted by molar-refractivity contribution is 6.14. The normalized spacial score (nSPS) is 14.2. The van der Waals surface area contributed by atoms with Gasteiger partial charge in [0, 0.05) is 43.7 Å². The topological polar surface area (TPSA) is 23.0 Å². The minimum atomic E-state index is -0.448. The predicted octanol–water partition coefficient (Wildman–Crippen LogP) is 11.4. The molecule has 0 radical (unpaired) electrons. The van der Waals surface area contributed by atoms with Crippen LogP contribution in [0.2, 0.25) is 0 Å². The number of nitrogens with zero attached hydrogens (tertiary/aromatic N) is 2. The van der Waals surface area contributed by atoms with Gasteiger partial charge >= 0.3 is 0 Å². The molecule has 0 atom stereocenters. The van der Waals surface area contributed by atoms with Gasteiger partial charge < -0.3 is 13.6 Å². The van der Waals surface area contributed by atoms with E-state index in [9.17, 15) is 0 Å². The summed E-state index contributed by atoms with van der Waals surface area (Å²) < 4.78 is 70.5. The molecule has 0 amide bonds. The molecule has 10 aromatic rings. The van der Waals surface area contributed by atoms with Crippen molar-refractivity contribution in [3.63, 3.8) is 0 Å². The molecule has 45 heavy (non-hydrogen) atoms. The summed E-state index contributed by atoms with van der Waals surface area (Å²) in [6.45, 7) is 0. The fraction of sp³-hybridized carbons (Fsp3) is 0. The molecule has 0 saturated heterocycles. The maximum atomic E-state index is 9.05. The first-order chi connectivity index (χ1) is 25.2. The second-order valence-corrected chi connectivity index (χ2v) is 11.2. The van der Waals surface area contributed by atoms with E-state index < -0.39 is 12.1 Å². The monoisotopic (exact) mass is 581 g/mol. The molecule has 0 aliphatic carbocycles. The van der Waals surface area contributed by atoms with Gasteiger partial charge in [0.05, 0.1) is 31.7 Å². The highest BCUT2D eigenvalue weighted by Gasteiger charge is 2.17. The number of furan rings is 1. The number of hydrogen-bond acceptors (Lipinski definition) is 1. The lowest BCUT2D eigenvalue weighted by molar-refractivity contribution is 0.669. The Hall–Kier alpha value is -6.06. The Kier molecular flexibility index (Phi) is 3.80. The van der Waals surface area contributed by atoms with Gasteiger partial charge in [0.15, 0.2) is 0 Å². The van der Waals surface area contributed by atoms with Crippen LogP contribution >= 0.6 is 0 Å². The SMILES string of the molecule is [2H]c1c([2H])c([2H])c2c(oc3c([2H])c([2H])c([2H])c(-c4cccc(-n5c6ccccc6c6cc(-n7c8ccccc8c8ccccc87)ccc65)c4)c32)c1[2H]. The van der Waals surface area contributed by atoms with Crippen LogP contribution in [0, 0.1) is 0 Å². The Balaban J connectivity index is 1.23. The standard InChI is InChI=1S/C42H26N2O/c1-5-18-36-31(13-1)32-14-2-6-19-37(32)44(36)29-23-24-39-35(26-29)33-15-3-7-20-38(33)43(39)28-12-9-11-27(25-28)30-17-10-22-41-42(30)34-16-4-8-21-40(34)45-41/h1-26H/i4D,8D,10D,16D,17D,21D,22D. The second kappa shape index (κ2) is 9.22. The first-order valence-corrected chi connectivity index (χ1v) is 14.8. The zero-order chi connectivity index (χ0) is 35.6. The lowest BCUT2D eigenvalue weighted by Crippen LogP contribution is -1.96. The highest BCUT2D eigenvalue weighted by atomic mass is 16.3. The Morgan fingerprint density at radius 1 is 0.444 bits per heavy atom. The van der Waals surface area contributed by atoms with E-state index in [4.69, 9.17) is 14.0 Å². The van der Waals surface area contributed by atoms with Crippen LogP contribution in [-0.4, -0.2) is 9.13 Å². The van der Waals surface area contributed by atoms with Crippen LogP contribution in [0.4, 0.5) is 0 Å². The van der Waals surface area contributed by atoms with E-state index >= 15 is 0 Å². The van der Waals surface area contributed by atoms with Gasteiger partial charge in [0.1, 0.15) is 11.2 Å². The average Bonchev–Trinajstić information content (AvgIpc) is 3.84. The van der Waals surface area contributed by atoms with Gasteiger partial charge in [-0.15, -0.1) is 0 Å². The van der Waals surface area contributed by atoms with E-state index in [2.05, 4.69) is 88.0 Å². The van der Waals surface area contributed by atoms with Gasteiger partial charge in [-0.3, -0.25) is 0 Å². The zero-order valence-electron chi connectivity index (χ0n) is 30.8. The van der Waals surface area contributed by atoms with Crippen LogP contribution in [0.1, 0.15) is 9.60 Å². The molecule has 0 aliphatic heterocycles. The Morgan fingerprint density at radius 2 is 1.04 bits per heavy atom. The van der Waals surface area contributed by atoms with Crippen LogP contribution in [0.25, 0.3) is 88.1 Å². The third-order valence-electron chi connectivity index (χ3n) is 8.84. The van der Waals surface area contributed by atoms with Gasteiger partial charge in [0.25, 0.3) is 0 Å². The van der Waals surface area contributed by atoms with E-state index in [1.165, 1.54) is 10.8 Å². The summed E-state index contributed by atoms with van der Waals surface area (Å²) in [6, 6.07) is 36.7. The predicted molar refractivity (Wildman–Crippen MR) is 188 cm³/mol. The third kappa shape index (κ3) is 3.46. The summed E-state index contributed by atoms with van der Waals surface area (Å²) in [7, 11) is 0. The second-order valence-electron chi connectivity index (χ2n) is 11.2. The average molecular weight is 582 g/mol. The molecule has 0 unspecified atom stereocenters. The number of rotatable bonds is 3. The molecule has 10 rings (SSSR count). The summed E-state index contributed by atoms with van der Waals surface area (Å²) in [5, 5.41) is 4.83. The number of fused-ring (bicyclic) bond motifs is 9. The van der Waals surface area contributed by atoms with Crippen molar-refractivity contribution < 1.29 is 14.0 Å². The van der Waals surface area contributed by atoms with Gasteiger partial charge in [-0.2, -0.15) is 0 Å². The summed E-state index contributed by atoms with van der Waals surface area (Å²) in [5.74, 6) is 0. The fourth-order valence-electron chi connectivity index (χ4n) is 6.96.